The van der Waals surface area contributed by atoms with Crippen LogP contribution in [0.25, 0.3) is 0 Å². The highest BCUT2D eigenvalue weighted by Gasteiger charge is 1.99. The first-order chi connectivity index (χ1) is 10.4. The van der Waals surface area contributed by atoms with E-state index in [2.05, 4.69) is 30.4 Å². The highest BCUT2D eigenvalue weighted by Crippen LogP contribution is 2.22. The van der Waals surface area contributed by atoms with Crippen molar-refractivity contribution in [3.63, 3.8) is 0 Å². The van der Waals surface area contributed by atoms with Gasteiger partial charge in [-0.15, -0.1) is 0 Å². The number of aryl methyl sites for hydroxylation is 1. The molecule has 2 nitrogen and oxygen atoms in total. The van der Waals surface area contributed by atoms with Gasteiger partial charge in [0.15, 0.2) is 0 Å². The van der Waals surface area contributed by atoms with Crippen LogP contribution in [0.15, 0.2) is 54.6 Å². The number of para-hydroxylation sites is 1. The first-order valence-electron chi connectivity index (χ1n) is 7.91. The average molecular weight is 283 g/mol. The van der Waals surface area contributed by atoms with Crippen LogP contribution in [0.5, 0.6) is 11.5 Å². The van der Waals surface area contributed by atoms with Gasteiger partial charge in [0.2, 0.25) is 0 Å². The van der Waals surface area contributed by atoms with E-state index >= 15 is 0 Å². The molecule has 0 spiro atoms. The molecule has 1 N–H and O–H groups in total. The molecule has 2 aromatic rings. The normalized spacial score (nSPS) is 10.5. The average Bonchev–Trinajstić information content (AvgIpc) is 2.52. The molecule has 21 heavy (non-hydrogen) atoms. The van der Waals surface area contributed by atoms with Crippen molar-refractivity contribution in [2.24, 2.45) is 0 Å². The summed E-state index contributed by atoms with van der Waals surface area (Å²) in [5, 5.41) is 3.44. The molecule has 0 saturated carbocycles. The lowest BCUT2D eigenvalue weighted by molar-refractivity contribution is 0.482. The molecule has 0 aliphatic heterocycles. The Kier molecular flexibility index (Phi) is 6.82. The Bertz CT molecular complexity index is 510. The Morgan fingerprint density at radius 1 is 0.857 bits per heavy atom. The number of unbranched alkanes of at least 4 members (excludes halogenated alkanes) is 1. The number of rotatable bonds is 9. The van der Waals surface area contributed by atoms with E-state index in [-0.39, 0.29) is 0 Å². The molecule has 0 heterocycles. The summed E-state index contributed by atoms with van der Waals surface area (Å²) in [5.74, 6) is 1.81. The molecule has 0 aliphatic carbocycles. The number of nitrogens with one attached hydrogen (secondary N) is 1. The summed E-state index contributed by atoms with van der Waals surface area (Å²) >= 11 is 0. The predicted molar refractivity (Wildman–Crippen MR) is 89.1 cm³/mol. The van der Waals surface area contributed by atoms with Crippen molar-refractivity contribution < 1.29 is 4.74 Å². The van der Waals surface area contributed by atoms with Crippen LogP contribution in [0.2, 0.25) is 0 Å². The van der Waals surface area contributed by atoms with Crippen LogP contribution in [0.3, 0.4) is 0 Å². The van der Waals surface area contributed by atoms with Crippen molar-refractivity contribution in [3.05, 3.63) is 60.2 Å². The van der Waals surface area contributed by atoms with Gasteiger partial charge in [-0.1, -0.05) is 37.3 Å². The molecule has 0 radical (unpaired) electrons. The molecule has 2 rings (SSSR count). The first kappa shape index (κ1) is 15.6. The summed E-state index contributed by atoms with van der Waals surface area (Å²) in [6.07, 6.45) is 4.76. The number of hydrogen-bond donors (Lipinski definition) is 1. The van der Waals surface area contributed by atoms with Gasteiger partial charge in [0.05, 0.1) is 0 Å². The number of ether oxygens (including phenoxy) is 1. The maximum Gasteiger partial charge on any atom is 0.127 e. The topological polar surface area (TPSA) is 21.3 Å². The van der Waals surface area contributed by atoms with Gasteiger partial charge in [0.25, 0.3) is 0 Å². The maximum atomic E-state index is 5.87. The van der Waals surface area contributed by atoms with Crippen LogP contribution in [-0.4, -0.2) is 13.1 Å². The largest absolute Gasteiger partial charge is 0.457 e. The fourth-order valence-corrected chi connectivity index (χ4v) is 2.27. The zero-order valence-corrected chi connectivity index (χ0v) is 12.8. The van der Waals surface area contributed by atoms with E-state index < -0.39 is 0 Å². The van der Waals surface area contributed by atoms with Crippen molar-refractivity contribution in [1.29, 1.82) is 0 Å². The van der Waals surface area contributed by atoms with E-state index in [9.17, 15) is 0 Å². The number of hydrogen-bond acceptors (Lipinski definition) is 2. The van der Waals surface area contributed by atoms with Gasteiger partial charge in [-0.3, -0.25) is 0 Å². The molecule has 0 bridgehead atoms. The minimum absolute atomic E-state index is 0.887. The van der Waals surface area contributed by atoms with Crippen molar-refractivity contribution in [1.82, 2.24) is 5.32 Å². The van der Waals surface area contributed by atoms with Gasteiger partial charge in [0.1, 0.15) is 11.5 Å². The second kappa shape index (κ2) is 9.19. The maximum absolute atomic E-state index is 5.87. The first-order valence-corrected chi connectivity index (χ1v) is 7.91. The van der Waals surface area contributed by atoms with Crippen LogP contribution in [0.4, 0.5) is 0 Å². The van der Waals surface area contributed by atoms with Crippen molar-refractivity contribution in [3.8, 4) is 11.5 Å². The summed E-state index contributed by atoms with van der Waals surface area (Å²) in [5.41, 5.74) is 1.35. The molecule has 0 saturated heterocycles. The smallest absolute Gasteiger partial charge is 0.127 e. The van der Waals surface area contributed by atoms with E-state index in [1.807, 2.05) is 36.4 Å². The minimum atomic E-state index is 0.887. The monoisotopic (exact) mass is 283 g/mol. The van der Waals surface area contributed by atoms with Gasteiger partial charge in [-0.05, 0) is 68.6 Å². The molecule has 2 heteroatoms. The van der Waals surface area contributed by atoms with Gasteiger partial charge in [-0.25, -0.2) is 0 Å². The molecular weight excluding hydrogens is 258 g/mol. The molecule has 2 aromatic carbocycles. The van der Waals surface area contributed by atoms with Crippen LogP contribution in [0, 0.1) is 0 Å². The fraction of sp³-hybridized carbons (Fsp3) is 0.368. The molecule has 0 unspecified atom stereocenters. The molecular formula is C19H25NO. The lowest BCUT2D eigenvalue weighted by Crippen LogP contribution is -2.15. The summed E-state index contributed by atoms with van der Waals surface area (Å²) in [6.45, 7) is 4.44. The second-order valence-electron chi connectivity index (χ2n) is 5.27. The van der Waals surface area contributed by atoms with Crippen molar-refractivity contribution in [2.75, 3.05) is 13.1 Å². The Morgan fingerprint density at radius 3 is 2.48 bits per heavy atom. The van der Waals surface area contributed by atoms with Crippen LogP contribution in [-0.2, 0) is 6.42 Å². The lowest BCUT2D eigenvalue weighted by Gasteiger charge is -2.08. The highest BCUT2D eigenvalue weighted by molar-refractivity contribution is 5.33. The SMILES string of the molecule is CCCNCCCCc1cccc(Oc2ccccc2)c1. The third-order valence-corrected chi connectivity index (χ3v) is 3.37. The summed E-state index contributed by atoms with van der Waals surface area (Å²) in [4.78, 5) is 0. The Labute approximate surface area is 128 Å². The van der Waals surface area contributed by atoms with E-state index in [0.29, 0.717) is 0 Å². The number of benzene rings is 2. The molecule has 0 atom stereocenters. The van der Waals surface area contributed by atoms with E-state index in [0.717, 1.165) is 31.0 Å². The standard InChI is InChI=1S/C19H25NO/c1-2-14-20-15-7-6-9-17-10-8-13-19(16-17)21-18-11-4-3-5-12-18/h3-5,8,10-13,16,20H,2,6-7,9,14-15H2,1H3. The molecule has 0 aliphatic rings. The van der Waals surface area contributed by atoms with Crippen LogP contribution in [0.1, 0.15) is 31.7 Å². The second-order valence-corrected chi connectivity index (χ2v) is 5.27. The van der Waals surface area contributed by atoms with Gasteiger partial charge >= 0.3 is 0 Å². The van der Waals surface area contributed by atoms with E-state index in [4.69, 9.17) is 4.74 Å². The van der Waals surface area contributed by atoms with Crippen LogP contribution >= 0.6 is 0 Å². The molecule has 0 aromatic heterocycles. The third kappa shape index (κ3) is 6.01. The summed E-state index contributed by atoms with van der Waals surface area (Å²) < 4.78 is 5.87. The summed E-state index contributed by atoms with van der Waals surface area (Å²) in [6, 6.07) is 18.3. The molecule has 0 amide bonds. The third-order valence-electron chi connectivity index (χ3n) is 3.37. The van der Waals surface area contributed by atoms with E-state index in [1.165, 1.54) is 24.8 Å². The van der Waals surface area contributed by atoms with Gasteiger partial charge < -0.3 is 10.1 Å². The Hall–Kier alpha value is -1.80. The molecule has 112 valence electrons. The van der Waals surface area contributed by atoms with Crippen molar-refractivity contribution in [2.45, 2.75) is 32.6 Å². The molecule has 0 fully saturated rings. The van der Waals surface area contributed by atoms with Gasteiger partial charge in [0, 0.05) is 0 Å². The fourth-order valence-electron chi connectivity index (χ4n) is 2.27. The quantitative estimate of drug-likeness (QED) is 0.667. The zero-order valence-electron chi connectivity index (χ0n) is 12.8. The van der Waals surface area contributed by atoms with Crippen molar-refractivity contribution >= 4 is 0 Å². The van der Waals surface area contributed by atoms with Crippen LogP contribution < -0.4 is 10.1 Å². The lowest BCUT2D eigenvalue weighted by atomic mass is 10.1. The zero-order chi connectivity index (χ0) is 14.8. The predicted octanol–water partition coefficient (Wildman–Crippen LogP) is 4.80. The van der Waals surface area contributed by atoms with E-state index in [1.54, 1.807) is 0 Å². The van der Waals surface area contributed by atoms with Gasteiger partial charge in [-0.2, -0.15) is 0 Å². The Morgan fingerprint density at radius 2 is 1.67 bits per heavy atom. The highest BCUT2D eigenvalue weighted by atomic mass is 16.5. The summed E-state index contributed by atoms with van der Waals surface area (Å²) in [7, 11) is 0. The Balaban J connectivity index is 1.78. The minimum Gasteiger partial charge on any atom is -0.457 e.